The summed E-state index contributed by atoms with van der Waals surface area (Å²) < 4.78 is 30.6. The molecule has 0 saturated carbocycles. The Kier molecular flexibility index (Phi) is 6.90. The summed E-state index contributed by atoms with van der Waals surface area (Å²) in [6.45, 7) is 3.89. The molecule has 3 rings (SSSR count). The Morgan fingerprint density at radius 2 is 1.93 bits per heavy atom. The highest BCUT2D eigenvalue weighted by molar-refractivity contribution is 7.92. The van der Waals surface area contributed by atoms with Crippen LogP contribution in [0.25, 0.3) is 0 Å². The van der Waals surface area contributed by atoms with E-state index in [0.717, 1.165) is 10.6 Å². The number of thiazole rings is 1. The number of hydrazine groups is 1. The number of hydrogen-bond donors (Lipinski definition) is 2. The Labute approximate surface area is 178 Å². The van der Waals surface area contributed by atoms with Gasteiger partial charge in [-0.05, 0) is 18.6 Å². The molecule has 162 valence electrons. The van der Waals surface area contributed by atoms with Crippen LogP contribution in [0, 0.1) is 6.92 Å². The van der Waals surface area contributed by atoms with Gasteiger partial charge in [-0.1, -0.05) is 18.2 Å². The normalized spacial score (nSPS) is 14.3. The fraction of sp³-hybridized carbons (Fsp3) is 0.389. The van der Waals surface area contributed by atoms with E-state index in [2.05, 4.69) is 15.8 Å². The van der Waals surface area contributed by atoms with E-state index in [1.54, 1.807) is 36.6 Å². The van der Waals surface area contributed by atoms with E-state index in [4.69, 9.17) is 4.74 Å². The first-order chi connectivity index (χ1) is 14.3. The van der Waals surface area contributed by atoms with Crippen LogP contribution in [-0.4, -0.2) is 64.3 Å². The summed E-state index contributed by atoms with van der Waals surface area (Å²) in [6.07, 6.45) is 1.02. The summed E-state index contributed by atoms with van der Waals surface area (Å²) in [4.78, 5) is 30.9. The Morgan fingerprint density at radius 1 is 1.23 bits per heavy atom. The van der Waals surface area contributed by atoms with E-state index in [0.29, 0.717) is 42.7 Å². The Bertz CT molecular complexity index is 1020. The van der Waals surface area contributed by atoms with E-state index < -0.39 is 28.4 Å². The van der Waals surface area contributed by atoms with Gasteiger partial charge in [0.25, 0.3) is 11.8 Å². The number of amides is 2. The molecule has 1 aromatic heterocycles. The summed E-state index contributed by atoms with van der Waals surface area (Å²) in [5, 5.41) is 2.31. The molecule has 1 aliphatic rings. The minimum Gasteiger partial charge on any atom is -0.378 e. The van der Waals surface area contributed by atoms with Gasteiger partial charge in [-0.2, -0.15) is 0 Å². The largest absolute Gasteiger partial charge is 0.378 e. The number of sulfonamides is 1. The highest BCUT2D eigenvalue weighted by Crippen LogP contribution is 2.22. The molecule has 2 heterocycles. The predicted octanol–water partition coefficient (Wildman–Crippen LogP) is 0.515. The number of aryl methyl sites for hydroxylation is 1. The predicted molar refractivity (Wildman–Crippen MR) is 114 cm³/mol. The summed E-state index contributed by atoms with van der Waals surface area (Å²) in [6, 6.07) is 6.83. The molecule has 0 unspecified atom stereocenters. The molecule has 12 heteroatoms. The summed E-state index contributed by atoms with van der Waals surface area (Å²) in [5.74, 6) is -1.26. The number of hydrogen-bond acceptors (Lipinski definition) is 8. The van der Waals surface area contributed by atoms with Crippen molar-refractivity contribution in [1.29, 1.82) is 0 Å². The van der Waals surface area contributed by atoms with Gasteiger partial charge < -0.3 is 9.64 Å². The molecule has 0 spiro atoms. The lowest BCUT2D eigenvalue weighted by atomic mass is 10.2. The maximum Gasteiger partial charge on any atom is 0.289 e. The third kappa shape index (κ3) is 5.46. The number of nitrogens with one attached hydrogen (secondary N) is 2. The number of carbonyl (C=O) groups is 2. The lowest BCUT2D eigenvalue weighted by Crippen LogP contribution is -2.47. The molecule has 0 bridgehead atoms. The van der Waals surface area contributed by atoms with Crippen LogP contribution in [0.2, 0.25) is 0 Å². The number of morpholine rings is 1. The highest BCUT2D eigenvalue weighted by Gasteiger charge is 2.23. The van der Waals surface area contributed by atoms with Crippen LogP contribution in [0.15, 0.2) is 29.6 Å². The Morgan fingerprint density at radius 3 is 2.60 bits per heavy atom. The van der Waals surface area contributed by atoms with Gasteiger partial charge in [0, 0.05) is 18.5 Å². The first-order valence-electron chi connectivity index (χ1n) is 9.16. The smallest absolute Gasteiger partial charge is 0.289 e. The van der Waals surface area contributed by atoms with E-state index in [1.165, 1.54) is 11.3 Å². The second-order valence-electron chi connectivity index (χ2n) is 6.67. The number of para-hydroxylation sites is 1. The van der Waals surface area contributed by atoms with Crippen molar-refractivity contribution in [2.45, 2.75) is 6.92 Å². The van der Waals surface area contributed by atoms with Crippen molar-refractivity contribution in [3.63, 3.8) is 0 Å². The minimum absolute atomic E-state index is 0.167. The maximum atomic E-state index is 12.3. The molecule has 30 heavy (non-hydrogen) atoms. The number of ether oxygens (including phenoxy) is 1. The van der Waals surface area contributed by atoms with Crippen molar-refractivity contribution in [2.75, 3.05) is 48.3 Å². The number of benzene rings is 1. The Balaban J connectivity index is 1.60. The zero-order valence-corrected chi connectivity index (χ0v) is 18.3. The molecule has 10 nitrogen and oxygen atoms in total. The number of aromatic nitrogens is 1. The van der Waals surface area contributed by atoms with Gasteiger partial charge in [0.15, 0.2) is 5.13 Å². The van der Waals surface area contributed by atoms with E-state index in [9.17, 15) is 18.0 Å². The van der Waals surface area contributed by atoms with Crippen molar-refractivity contribution >= 4 is 44.0 Å². The summed E-state index contributed by atoms with van der Waals surface area (Å²) in [7, 11) is -3.70. The third-order valence-electron chi connectivity index (χ3n) is 4.39. The molecule has 0 aliphatic carbocycles. The molecule has 2 amide bonds. The first kappa shape index (κ1) is 22.0. The lowest BCUT2D eigenvalue weighted by Gasteiger charge is -2.25. The van der Waals surface area contributed by atoms with Crippen LogP contribution in [0.3, 0.4) is 0 Å². The van der Waals surface area contributed by atoms with Gasteiger partial charge >= 0.3 is 0 Å². The minimum atomic E-state index is -3.70. The fourth-order valence-electron chi connectivity index (χ4n) is 2.85. The van der Waals surface area contributed by atoms with Gasteiger partial charge in [0.1, 0.15) is 12.2 Å². The zero-order valence-electron chi connectivity index (χ0n) is 16.6. The summed E-state index contributed by atoms with van der Waals surface area (Å²) >= 11 is 1.33. The molecule has 0 radical (unpaired) electrons. The number of anilines is 2. The van der Waals surface area contributed by atoms with Crippen molar-refractivity contribution in [3.8, 4) is 0 Å². The molecule has 1 fully saturated rings. The van der Waals surface area contributed by atoms with E-state index >= 15 is 0 Å². The average molecular weight is 454 g/mol. The highest BCUT2D eigenvalue weighted by atomic mass is 32.2. The van der Waals surface area contributed by atoms with Crippen LogP contribution in [0.5, 0.6) is 0 Å². The molecular weight excluding hydrogens is 430 g/mol. The topological polar surface area (TPSA) is 121 Å². The molecular formula is C18H23N5O5S2. The second-order valence-corrected chi connectivity index (χ2v) is 9.42. The number of carbonyl (C=O) groups excluding carboxylic acids is 2. The second kappa shape index (κ2) is 9.41. The first-order valence-corrected chi connectivity index (χ1v) is 11.9. The lowest BCUT2D eigenvalue weighted by molar-refractivity contribution is -0.120. The van der Waals surface area contributed by atoms with Gasteiger partial charge in [-0.3, -0.25) is 24.7 Å². The Hall–Kier alpha value is -2.70. The van der Waals surface area contributed by atoms with Gasteiger partial charge in [-0.15, -0.1) is 11.3 Å². The molecule has 2 N–H and O–H groups in total. The summed E-state index contributed by atoms with van der Waals surface area (Å²) in [5.41, 5.74) is 5.80. The van der Waals surface area contributed by atoms with Crippen molar-refractivity contribution in [3.05, 3.63) is 40.9 Å². The zero-order chi connectivity index (χ0) is 21.7. The maximum absolute atomic E-state index is 12.3. The van der Waals surface area contributed by atoms with Crippen LogP contribution >= 0.6 is 11.3 Å². The van der Waals surface area contributed by atoms with E-state index in [1.807, 2.05) is 4.90 Å². The molecule has 1 aliphatic heterocycles. The van der Waals surface area contributed by atoms with Gasteiger partial charge in [-0.25, -0.2) is 13.4 Å². The van der Waals surface area contributed by atoms with Crippen LogP contribution in [0.4, 0.5) is 10.8 Å². The third-order valence-corrected chi connectivity index (χ3v) is 6.42. The molecule has 0 atom stereocenters. The molecule has 2 aromatic rings. The van der Waals surface area contributed by atoms with Crippen LogP contribution < -0.4 is 20.1 Å². The van der Waals surface area contributed by atoms with Crippen LogP contribution in [0.1, 0.15) is 16.1 Å². The van der Waals surface area contributed by atoms with E-state index in [-0.39, 0.29) is 5.69 Å². The quantitative estimate of drug-likeness (QED) is 0.612. The van der Waals surface area contributed by atoms with Gasteiger partial charge in [0.2, 0.25) is 10.0 Å². The molecule has 1 aromatic carbocycles. The molecule has 1 saturated heterocycles. The van der Waals surface area contributed by atoms with Crippen molar-refractivity contribution in [1.82, 2.24) is 15.8 Å². The monoisotopic (exact) mass is 453 g/mol. The van der Waals surface area contributed by atoms with Crippen molar-refractivity contribution in [2.24, 2.45) is 0 Å². The van der Waals surface area contributed by atoms with Gasteiger partial charge in [0.05, 0.1) is 25.2 Å². The van der Waals surface area contributed by atoms with Crippen molar-refractivity contribution < 1.29 is 22.7 Å². The SMILES string of the molecule is Cc1ccccc1N(CC(=O)NNC(=O)c1csc(N2CCOCC2)n1)S(C)(=O)=O. The standard InChI is InChI=1S/C18H23N5O5S2/c1-13-5-3-4-6-15(13)23(30(2,26)27)11-16(24)20-21-17(25)14-12-29-18(19-14)22-7-9-28-10-8-22/h3-6,12H,7-11H2,1-2H3,(H,20,24)(H,21,25). The number of nitrogens with zero attached hydrogens (tertiary/aromatic N) is 3. The van der Waals surface area contributed by atoms with Crippen LogP contribution in [-0.2, 0) is 19.6 Å². The average Bonchev–Trinajstić information content (AvgIpc) is 3.21. The fourth-order valence-corrected chi connectivity index (χ4v) is 4.63. The number of rotatable bonds is 6.